The van der Waals surface area contributed by atoms with E-state index >= 15 is 0 Å². The molecule has 0 amide bonds. The van der Waals surface area contributed by atoms with Crippen molar-refractivity contribution in [3.63, 3.8) is 0 Å². The van der Waals surface area contributed by atoms with Crippen LogP contribution in [-0.4, -0.2) is 18.1 Å². The zero-order valence-electron chi connectivity index (χ0n) is 10.3. The van der Waals surface area contributed by atoms with E-state index in [2.05, 4.69) is 9.72 Å². The van der Waals surface area contributed by atoms with E-state index in [4.69, 9.17) is 0 Å². The Morgan fingerprint density at radius 2 is 2.16 bits per heavy atom. The molecule has 0 radical (unpaired) electrons. The SMILES string of the molecule is COC(=O)c1nc(-c2cccc(C(F)F)c2)sc1C. The molecule has 0 N–H and O–H groups in total. The lowest BCUT2D eigenvalue weighted by Crippen LogP contribution is -2.03. The summed E-state index contributed by atoms with van der Waals surface area (Å²) in [6.45, 7) is 1.74. The van der Waals surface area contributed by atoms with Crippen LogP contribution in [0.2, 0.25) is 0 Å². The van der Waals surface area contributed by atoms with E-state index in [1.165, 1.54) is 30.6 Å². The topological polar surface area (TPSA) is 39.2 Å². The lowest BCUT2D eigenvalue weighted by Gasteiger charge is -2.01. The van der Waals surface area contributed by atoms with E-state index in [1.54, 1.807) is 19.1 Å². The maximum absolute atomic E-state index is 12.6. The second-order valence-corrected chi connectivity index (χ2v) is 5.04. The zero-order chi connectivity index (χ0) is 14.0. The van der Waals surface area contributed by atoms with E-state index < -0.39 is 12.4 Å². The predicted octanol–water partition coefficient (Wildman–Crippen LogP) is 3.84. The van der Waals surface area contributed by atoms with Crippen LogP contribution in [0.5, 0.6) is 0 Å². The van der Waals surface area contributed by atoms with Crippen molar-refractivity contribution in [2.75, 3.05) is 7.11 Å². The second kappa shape index (κ2) is 5.44. The van der Waals surface area contributed by atoms with Crippen LogP contribution in [0.4, 0.5) is 8.78 Å². The normalized spacial score (nSPS) is 10.8. The summed E-state index contributed by atoms with van der Waals surface area (Å²) in [5.41, 5.74) is 0.732. The predicted molar refractivity (Wildman–Crippen MR) is 68.6 cm³/mol. The summed E-state index contributed by atoms with van der Waals surface area (Å²) in [6.07, 6.45) is -2.53. The van der Waals surface area contributed by atoms with Crippen molar-refractivity contribution in [2.24, 2.45) is 0 Å². The van der Waals surface area contributed by atoms with E-state index in [9.17, 15) is 13.6 Å². The molecular formula is C13H11F2NO2S. The van der Waals surface area contributed by atoms with Gasteiger partial charge in [0.25, 0.3) is 6.43 Å². The van der Waals surface area contributed by atoms with Gasteiger partial charge in [0.15, 0.2) is 5.69 Å². The zero-order valence-corrected chi connectivity index (χ0v) is 11.1. The van der Waals surface area contributed by atoms with Crippen LogP contribution in [0, 0.1) is 6.92 Å². The summed E-state index contributed by atoms with van der Waals surface area (Å²) in [6, 6.07) is 5.97. The Kier molecular flexibility index (Phi) is 3.90. The smallest absolute Gasteiger partial charge is 0.357 e. The van der Waals surface area contributed by atoms with Gasteiger partial charge < -0.3 is 4.74 Å². The lowest BCUT2D eigenvalue weighted by atomic mass is 10.1. The van der Waals surface area contributed by atoms with Crippen molar-refractivity contribution in [3.8, 4) is 10.6 Å². The van der Waals surface area contributed by atoms with Gasteiger partial charge in [0.2, 0.25) is 0 Å². The van der Waals surface area contributed by atoms with E-state index in [0.29, 0.717) is 15.4 Å². The highest BCUT2D eigenvalue weighted by atomic mass is 32.1. The average Bonchev–Trinajstić information content (AvgIpc) is 2.80. The third-order valence-corrected chi connectivity index (χ3v) is 3.58. The summed E-state index contributed by atoms with van der Waals surface area (Å²) >= 11 is 1.27. The van der Waals surface area contributed by atoms with Gasteiger partial charge in [0.1, 0.15) is 5.01 Å². The van der Waals surface area contributed by atoms with Crippen molar-refractivity contribution in [1.29, 1.82) is 0 Å². The minimum atomic E-state index is -2.53. The summed E-state index contributed by atoms with van der Waals surface area (Å²) in [5, 5.41) is 0.528. The maximum atomic E-state index is 12.6. The maximum Gasteiger partial charge on any atom is 0.357 e. The van der Waals surface area contributed by atoms with Crippen LogP contribution in [0.1, 0.15) is 27.4 Å². The number of nitrogens with zero attached hydrogens (tertiary/aromatic N) is 1. The van der Waals surface area contributed by atoms with Gasteiger partial charge in [-0.2, -0.15) is 0 Å². The number of thiazole rings is 1. The first-order valence-electron chi connectivity index (χ1n) is 5.47. The molecule has 0 bridgehead atoms. The summed E-state index contributed by atoms with van der Waals surface area (Å²) in [4.78, 5) is 16.3. The molecule has 0 fully saturated rings. The minimum Gasteiger partial charge on any atom is -0.464 e. The fourth-order valence-electron chi connectivity index (χ4n) is 1.61. The molecule has 2 aromatic rings. The minimum absolute atomic E-state index is 0.0648. The molecule has 1 aromatic carbocycles. The molecule has 0 aliphatic rings. The number of halogens is 2. The monoisotopic (exact) mass is 283 g/mol. The molecule has 3 nitrogen and oxygen atoms in total. The molecule has 0 aliphatic heterocycles. The van der Waals surface area contributed by atoms with E-state index in [0.717, 1.165) is 0 Å². The number of aromatic nitrogens is 1. The highest BCUT2D eigenvalue weighted by molar-refractivity contribution is 7.15. The van der Waals surface area contributed by atoms with E-state index in [-0.39, 0.29) is 11.3 Å². The molecule has 6 heteroatoms. The Hall–Kier alpha value is -1.82. The number of carbonyl (C=O) groups excluding carboxylic acids is 1. The number of ether oxygens (including phenoxy) is 1. The number of hydrogen-bond acceptors (Lipinski definition) is 4. The Morgan fingerprint density at radius 3 is 2.79 bits per heavy atom. The van der Waals surface area contributed by atoms with Crippen molar-refractivity contribution in [2.45, 2.75) is 13.3 Å². The van der Waals surface area contributed by atoms with Gasteiger partial charge >= 0.3 is 5.97 Å². The lowest BCUT2D eigenvalue weighted by molar-refractivity contribution is 0.0594. The molecule has 19 heavy (non-hydrogen) atoms. The third-order valence-electron chi connectivity index (χ3n) is 2.56. The van der Waals surface area contributed by atoms with Crippen LogP contribution in [-0.2, 0) is 4.74 Å². The first kappa shape index (κ1) is 13.6. The molecule has 2 rings (SSSR count). The summed E-state index contributed by atoms with van der Waals surface area (Å²) in [5.74, 6) is -0.523. The quantitative estimate of drug-likeness (QED) is 0.803. The number of hydrogen-bond donors (Lipinski definition) is 0. The number of aryl methyl sites for hydroxylation is 1. The van der Waals surface area contributed by atoms with Gasteiger partial charge in [0, 0.05) is 16.0 Å². The number of carbonyl (C=O) groups is 1. The number of methoxy groups -OCH3 is 1. The molecule has 1 heterocycles. The molecule has 100 valence electrons. The highest BCUT2D eigenvalue weighted by Crippen LogP contribution is 2.30. The molecule has 0 aliphatic carbocycles. The number of benzene rings is 1. The van der Waals surface area contributed by atoms with Crippen molar-refractivity contribution < 1.29 is 18.3 Å². The molecule has 0 saturated carbocycles. The second-order valence-electron chi connectivity index (χ2n) is 3.84. The summed E-state index contributed by atoms with van der Waals surface area (Å²) in [7, 11) is 1.28. The largest absolute Gasteiger partial charge is 0.464 e. The number of rotatable bonds is 3. The van der Waals surface area contributed by atoms with Gasteiger partial charge in [0.05, 0.1) is 7.11 Å². The molecule has 0 spiro atoms. The first-order valence-corrected chi connectivity index (χ1v) is 6.28. The molecule has 0 saturated heterocycles. The Balaban J connectivity index is 2.42. The van der Waals surface area contributed by atoms with Crippen LogP contribution < -0.4 is 0 Å². The number of alkyl halides is 2. The van der Waals surface area contributed by atoms with Crippen LogP contribution in [0.25, 0.3) is 10.6 Å². The van der Waals surface area contributed by atoms with Gasteiger partial charge in [-0.3, -0.25) is 0 Å². The third kappa shape index (κ3) is 2.78. The van der Waals surface area contributed by atoms with Crippen molar-refractivity contribution >= 4 is 17.3 Å². The Morgan fingerprint density at radius 1 is 1.42 bits per heavy atom. The Bertz CT molecular complexity index is 610. The fourth-order valence-corrected chi connectivity index (χ4v) is 2.51. The average molecular weight is 283 g/mol. The fraction of sp³-hybridized carbons (Fsp3) is 0.231. The summed E-state index contributed by atoms with van der Waals surface area (Å²) < 4.78 is 29.9. The van der Waals surface area contributed by atoms with Gasteiger partial charge in [-0.1, -0.05) is 18.2 Å². The van der Waals surface area contributed by atoms with Crippen LogP contribution in [0.15, 0.2) is 24.3 Å². The van der Waals surface area contributed by atoms with Gasteiger partial charge in [-0.05, 0) is 13.0 Å². The van der Waals surface area contributed by atoms with E-state index in [1.807, 2.05) is 0 Å². The van der Waals surface area contributed by atoms with Crippen LogP contribution in [0.3, 0.4) is 0 Å². The standard InChI is InChI=1S/C13H11F2NO2S/c1-7-10(13(17)18-2)16-12(19-7)9-5-3-4-8(6-9)11(14)15/h3-6,11H,1-2H3. The van der Waals surface area contributed by atoms with Crippen molar-refractivity contribution in [1.82, 2.24) is 4.98 Å². The Labute approximate surface area is 112 Å². The molecular weight excluding hydrogens is 272 g/mol. The molecule has 1 aromatic heterocycles. The number of esters is 1. The van der Waals surface area contributed by atoms with Crippen molar-refractivity contribution in [3.05, 3.63) is 40.4 Å². The highest BCUT2D eigenvalue weighted by Gasteiger charge is 2.17. The molecule has 0 unspecified atom stereocenters. The molecule has 0 atom stereocenters. The van der Waals surface area contributed by atoms with Gasteiger partial charge in [-0.25, -0.2) is 18.6 Å². The van der Waals surface area contributed by atoms with Gasteiger partial charge in [-0.15, -0.1) is 11.3 Å². The first-order chi connectivity index (χ1) is 9.02. The van der Waals surface area contributed by atoms with Crippen LogP contribution >= 0.6 is 11.3 Å².